The first-order valence-corrected chi connectivity index (χ1v) is 5.75. The maximum absolute atomic E-state index is 13.3. The largest absolute Gasteiger partial charge is 0.494 e. The van der Waals surface area contributed by atoms with Crippen molar-refractivity contribution in [3.63, 3.8) is 0 Å². The van der Waals surface area contributed by atoms with Crippen LogP contribution in [-0.2, 0) is 4.74 Å². The molecule has 110 valence electrons. The summed E-state index contributed by atoms with van der Waals surface area (Å²) >= 11 is 0. The molecular weight excluding hydrogens is 269 g/mol. The molecule has 0 spiro atoms. The van der Waals surface area contributed by atoms with E-state index in [1.165, 1.54) is 7.11 Å². The first kappa shape index (κ1) is 15.7. The number of carbonyl (C=O) groups excluding carboxylic acids is 1. The fourth-order valence-corrected chi connectivity index (χ4v) is 1.45. The molecule has 0 radical (unpaired) electrons. The molecular formula is C13H16FNO5. The molecule has 7 heteroatoms. The van der Waals surface area contributed by atoms with Crippen LogP contribution in [-0.4, -0.2) is 29.9 Å². The summed E-state index contributed by atoms with van der Waals surface area (Å²) in [6.07, 6.45) is -0.857. The number of halogens is 1. The number of hydrogen-bond acceptors (Lipinski definition) is 4. The summed E-state index contributed by atoms with van der Waals surface area (Å²) in [4.78, 5) is 22.8. The molecule has 0 aromatic heterocycles. The molecule has 2 N–H and O–H groups in total. The predicted octanol–water partition coefficient (Wildman–Crippen LogP) is 2.88. The highest BCUT2D eigenvalue weighted by atomic mass is 19.1. The second-order valence-corrected chi connectivity index (χ2v) is 4.96. The maximum atomic E-state index is 13.3. The molecule has 0 heterocycles. The topological polar surface area (TPSA) is 84.9 Å². The molecule has 0 saturated heterocycles. The molecule has 1 amide bonds. The average molecular weight is 285 g/mol. The molecule has 0 fully saturated rings. The van der Waals surface area contributed by atoms with Crippen molar-refractivity contribution < 1.29 is 28.6 Å². The van der Waals surface area contributed by atoms with Gasteiger partial charge in [0.1, 0.15) is 22.9 Å². The van der Waals surface area contributed by atoms with Crippen LogP contribution in [0.5, 0.6) is 5.75 Å². The average Bonchev–Trinajstić information content (AvgIpc) is 2.27. The van der Waals surface area contributed by atoms with E-state index in [0.717, 1.165) is 12.1 Å². The number of methoxy groups -OCH3 is 1. The number of carboxylic acids is 1. The van der Waals surface area contributed by atoms with E-state index in [9.17, 15) is 14.0 Å². The van der Waals surface area contributed by atoms with Crippen molar-refractivity contribution in [2.24, 2.45) is 0 Å². The fraction of sp³-hybridized carbons (Fsp3) is 0.385. The normalized spacial score (nSPS) is 10.8. The highest BCUT2D eigenvalue weighted by Gasteiger charge is 2.22. The molecule has 0 unspecified atom stereocenters. The van der Waals surface area contributed by atoms with Crippen LogP contribution >= 0.6 is 0 Å². The van der Waals surface area contributed by atoms with Crippen molar-refractivity contribution in [3.8, 4) is 5.75 Å². The van der Waals surface area contributed by atoms with E-state index in [2.05, 4.69) is 5.32 Å². The van der Waals surface area contributed by atoms with Crippen LogP contribution in [0.2, 0.25) is 0 Å². The molecule has 0 aliphatic rings. The number of amides is 1. The zero-order valence-electron chi connectivity index (χ0n) is 11.6. The van der Waals surface area contributed by atoms with Gasteiger partial charge in [0, 0.05) is 6.07 Å². The highest BCUT2D eigenvalue weighted by Crippen LogP contribution is 2.30. The Hall–Kier alpha value is -2.31. The van der Waals surface area contributed by atoms with Crippen LogP contribution in [0, 0.1) is 5.82 Å². The number of ether oxygens (including phenoxy) is 2. The maximum Gasteiger partial charge on any atom is 0.412 e. The van der Waals surface area contributed by atoms with Gasteiger partial charge in [0.25, 0.3) is 0 Å². The third-order valence-electron chi connectivity index (χ3n) is 2.14. The summed E-state index contributed by atoms with van der Waals surface area (Å²) in [5.74, 6) is -2.28. The van der Waals surface area contributed by atoms with Gasteiger partial charge in [0.15, 0.2) is 0 Å². The Bertz CT molecular complexity index is 536. The van der Waals surface area contributed by atoms with Gasteiger partial charge in [-0.2, -0.15) is 0 Å². The first-order chi connectivity index (χ1) is 9.14. The molecule has 1 rings (SSSR count). The minimum Gasteiger partial charge on any atom is -0.494 e. The second kappa shape index (κ2) is 5.77. The number of nitrogens with one attached hydrogen (secondary N) is 1. The Labute approximate surface area is 115 Å². The molecule has 20 heavy (non-hydrogen) atoms. The Kier molecular flexibility index (Phi) is 4.54. The van der Waals surface area contributed by atoms with Gasteiger partial charge >= 0.3 is 12.1 Å². The fourth-order valence-electron chi connectivity index (χ4n) is 1.45. The lowest BCUT2D eigenvalue weighted by Gasteiger charge is -2.21. The Morgan fingerprint density at radius 2 is 1.90 bits per heavy atom. The van der Waals surface area contributed by atoms with E-state index in [4.69, 9.17) is 14.6 Å². The quantitative estimate of drug-likeness (QED) is 0.892. The summed E-state index contributed by atoms with van der Waals surface area (Å²) < 4.78 is 23.2. The number of benzene rings is 1. The molecule has 0 atom stereocenters. The number of rotatable bonds is 3. The lowest BCUT2D eigenvalue weighted by molar-refractivity contribution is 0.0635. The van der Waals surface area contributed by atoms with Gasteiger partial charge in [0.05, 0.1) is 12.7 Å². The van der Waals surface area contributed by atoms with Crippen molar-refractivity contribution in [1.82, 2.24) is 0 Å². The standard InChI is InChI=1S/C13H16FNO5/c1-13(2,3)20-12(18)15-10-8(11(16)17)5-7(14)6-9(10)19-4/h5-6H,1-4H3,(H,15,18)(H,16,17). The van der Waals surface area contributed by atoms with Crippen molar-refractivity contribution in [2.45, 2.75) is 26.4 Å². The third kappa shape index (κ3) is 4.11. The van der Waals surface area contributed by atoms with E-state index < -0.39 is 29.0 Å². The molecule has 0 saturated carbocycles. The summed E-state index contributed by atoms with van der Waals surface area (Å²) in [5.41, 5.74) is -1.33. The molecule has 6 nitrogen and oxygen atoms in total. The highest BCUT2D eigenvalue weighted by molar-refractivity contribution is 6.00. The zero-order chi connectivity index (χ0) is 15.5. The monoisotopic (exact) mass is 285 g/mol. The Morgan fingerprint density at radius 1 is 1.30 bits per heavy atom. The summed E-state index contributed by atoms with van der Waals surface area (Å²) in [7, 11) is 1.24. The molecule has 0 bridgehead atoms. The molecule has 0 aliphatic carbocycles. The molecule has 1 aromatic rings. The summed E-state index contributed by atoms with van der Waals surface area (Å²) in [5, 5.41) is 11.3. The van der Waals surface area contributed by atoms with Crippen LogP contribution < -0.4 is 10.1 Å². The molecule has 1 aromatic carbocycles. The van der Waals surface area contributed by atoms with Gasteiger partial charge < -0.3 is 14.6 Å². The van der Waals surface area contributed by atoms with E-state index in [-0.39, 0.29) is 11.4 Å². The summed E-state index contributed by atoms with van der Waals surface area (Å²) in [6, 6.07) is 1.76. The lowest BCUT2D eigenvalue weighted by atomic mass is 10.1. The van der Waals surface area contributed by atoms with Crippen molar-refractivity contribution in [1.29, 1.82) is 0 Å². The van der Waals surface area contributed by atoms with Crippen LogP contribution in [0.3, 0.4) is 0 Å². The van der Waals surface area contributed by atoms with E-state index >= 15 is 0 Å². The van der Waals surface area contributed by atoms with Crippen LogP contribution in [0.15, 0.2) is 12.1 Å². The third-order valence-corrected chi connectivity index (χ3v) is 2.14. The smallest absolute Gasteiger partial charge is 0.412 e. The van der Waals surface area contributed by atoms with Gasteiger partial charge in [-0.25, -0.2) is 14.0 Å². The van der Waals surface area contributed by atoms with Crippen molar-refractivity contribution in [2.75, 3.05) is 12.4 Å². The Balaban J connectivity index is 3.16. The predicted molar refractivity (Wildman–Crippen MR) is 69.8 cm³/mol. The van der Waals surface area contributed by atoms with Gasteiger partial charge in [-0.3, -0.25) is 5.32 Å². The van der Waals surface area contributed by atoms with Gasteiger partial charge in [-0.1, -0.05) is 0 Å². The molecule has 0 aliphatic heterocycles. The van der Waals surface area contributed by atoms with E-state index in [1.807, 2.05) is 0 Å². The second-order valence-electron chi connectivity index (χ2n) is 4.96. The number of aromatic carboxylic acids is 1. The van der Waals surface area contributed by atoms with E-state index in [0.29, 0.717) is 0 Å². The number of hydrogen-bond donors (Lipinski definition) is 2. The SMILES string of the molecule is COc1cc(F)cc(C(=O)O)c1NC(=O)OC(C)(C)C. The number of carbonyl (C=O) groups is 2. The van der Waals surface area contributed by atoms with E-state index in [1.54, 1.807) is 20.8 Å². The minimum atomic E-state index is -1.39. The number of anilines is 1. The minimum absolute atomic E-state index is 0.103. The lowest BCUT2D eigenvalue weighted by Crippen LogP contribution is -2.28. The van der Waals surface area contributed by atoms with Crippen LogP contribution in [0.25, 0.3) is 0 Å². The van der Waals surface area contributed by atoms with Gasteiger partial charge in [-0.05, 0) is 26.8 Å². The van der Waals surface area contributed by atoms with Crippen molar-refractivity contribution >= 4 is 17.7 Å². The zero-order valence-corrected chi connectivity index (χ0v) is 11.6. The van der Waals surface area contributed by atoms with Crippen LogP contribution in [0.4, 0.5) is 14.9 Å². The summed E-state index contributed by atoms with van der Waals surface area (Å²) in [6.45, 7) is 4.98. The Morgan fingerprint density at radius 3 is 2.35 bits per heavy atom. The number of carboxylic acid groups (broad SMARTS) is 1. The van der Waals surface area contributed by atoms with Crippen LogP contribution in [0.1, 0.15) is 31.1 Å². The first-order valence-electron chi connectivity index (χ1n) is 5.75. The van der Waals surface area contributed by atoms with Crippen molar-refractivity contribution in [3.05, 3.63) is 23.5 Å². The van der Waals surface area contributed by atoms with Gasteiger partial charge in [0.2, 0.25) is 0 Å². The van der Waals surface area contributed by atoms with Gasteiger partial charge in [-0.15, -0.1) is 0 Å².